The van der Waals surface area contributed by atoms with Crippen LogP contribution in [0.2, 0.25) is 0 Å². The van der Waals surface area contributed by atoms with Gasteiger partial charge in [-0.15, -0.1) is 0 Å². The second-order valence-corrected chi connectivity index (χ2v) is 4.41. The van der Waals surface area contributed by atoms with Crippen molar-refractivity contribution in [2.45, 2.75) is 27.3 Å². The van der Waals surface area contributed by atoms with Gasteiger partial charge in [-0.05, 0) is 26.3 Å². The van der Waals surface area contributed by atoms with Crippen LogP contribution in [-0.2, 0) is 11.3 Å². The van der Waals surface area contributed by atoms with Crippen molar-refractivity contribution in [3.05, 3.63) is 52.8 Å². The average molecular weight is 258 g/mol. The zero-order chi connectivity index (χ0) is 13.8. The van der Waals surface area contributed by atoms with Crippen molar-refractivity contribution >= 4 is 5.97 Å². The molecule has 0 atom stereocenters. The lowest BCUT2D eigenvalue weighted by atomic mass is 10.2. The van der Waals surface area contributed by atoms with Crippen LogP contribution in [0.4, 0.5) is 0 Å². The summed E-state index contributed by atoms with van der Waals surface area (Å²) in [6, 6.07) is 10.1. The van der Waals surface area contributed by atoms with Crippen molar-refractivity contribution < 1.29 is 9.53 Å². The van der Waals surface area contributed by atoms with Crippen molar-refractivity contribution in [2.75, 3.05) is 6.61 Å². The highest BCUT2D eigenvalue weighted by Gasteiger charge is 2.19. The molecule has 1 aromatic carbocycles. The Hall–Kier alpha value is -2.10. The molecule has 0 radical (unpaired) electrons. The van der Waals surface area contributed by atoms with Gasteiger partial charge in [-0.1, -0.05) is 30.3 Å². The number of carbonyl (C=O) groups is 1. The monoisotopic (exact) mass is 258 g/mol. The molecule has 0 saturated heterocycles. The SMILES string of the molecule is CCOC(=O)c1c(C)nn(Cc2ccccc2)c1C. The summed E-state index contributed by atoms with van der Waals surface area (Å²) in [5.74, 6) is -0.295. The highest BCUT2D eigenvalue weighted by atomic mass is 16.5. The maximum absolute atomic E-state index is 11.9. The van der Waals surface area contributed by atoms with E-state index >= 15 is 0 Å². The summed E-state index contributed by atoms with van der Waals surface area (Å²) in [4.78, 5) is 11.9. The molecule has 4 nitrogen and oxygen atoms in total. The highest BCUT2D eigenvalue weighted by molar-refractivity contribution is 5.91. The fraction of sp³-hybridized carbons (Fsp3) is 0.333. The maximum Gasteiger partial charge on any atom is 0.341 e. The Labute approximate surface area is 113 Å². The van der Waals surface area contributed by atoms with E-state index in [0.29, 0.717) is 24.4 Å². The Morgan fingerprint density at radius 1 is 1.26 bits per heavy atom. The predicted molar refractivity (Wildman–Crippen MR) is 73.2 cm³/mol. The molecule has 2 rings (SSSR count). The third-order valence-electron chi connectivity index (χ3n) is 3.04. The number of nitrogens with zero attached hydrogens (tertiary/aromatic N) is 2. The van der Waals surface area contributed by atoms with Crippen LogP contribution in [0.25, 0.3) is 0 Å². The van der Waals surface area contributed by atoms with Crippen molar-refractivity contribution in [1.82, 2.24) is 9.78 Å². The van der Waals surface area contributed by atoms with Crippen molar-refractivity contribution in [3.63, 3.8) is 0 Å². The Bertz CT molecular complexity index is 573. The second-order valence-electron chi connectivity index (χ2n) is 4.41. The van der Waals surface area contributed by atoms with Gasteiger partial charge in [0, 0.05) is 0 Å². The Morgan fingerprint density at radius 2 is 1.95 bits per heavy atom. The molecule has 0 bridgehead atoms. The lowest BCUT2D eigenvalue weighted by molar-refractivity contribution is 0.0524. The first-order chi connectivity index (χ1) is 9.13. The van der Waals surface area contributed by atoms with Crippen LogP contribution < -0.4 is 0 Å². The molecule has 0 aliphatic carbocycles. The van der Waals surface area contributed by atoms with Crippen molar-refractivity contribution in [1.29, 1.82) is 0 Å². The van der Waals surface area contributed by atoms with E-state index in [1.807, 2.05) is 48.9 Å². The molecule has 0 spiro atoms. The molecule has 100 valence electrons. The summed E-state index contributed by atoms with van der Waals surface area (Å²) in [7, 11) is 0. The van der Waals surface area contributed by atoms with Crippen LogP contribution >= 0.6 is 0 Å². The van der Waals surface area contributed by atoms with Crippen LogP contribution in [0, 0.1) is 13.8 Å². The lowest BCUT2D eigenvalue weighted by Gasteiger charge is -2.05. The van der Waals surface area contributed by atoms with E-state index in [9.17, 15) is 4.79 Å². The number of aromatic nitrogens is 2. The number of ether oxygens (including phenoxy) is 1. The van der Waals surface area contributed by atoms with Gasteiger partial charge in [-0.2, -0.15) is 5.10 Å². The summed E-state index contributed by atoms with van der Waals surface area (Å²) < 4.78 is 6.91. The van der Waals surface area contributed by atoms with Gasteiger partial charge in [0.2, 0.25) is 0 Å². The zero-order valence-corrected chi connectivity index (χ0v) is 11.5. The van der Waals surface area contributed by atoms with E-state index < -0.39 is 0 Å². The topological polar surface area (TPSA) is 44.1 Å². The molecule has 0 unspecified atom stereocenters. The smallest absolute Gasteiger partial charge is 0.341 e. The van der Waals surface area contributed by atoms with Crippen molar-refractivity contribution in [3.8, 4) is 0 Å². The molecule has 0 amide bonds. The minimum Gasteiger partial charge on any atom is -0.462 e. The second kappa shape index (κ2) is 5.69. The molecular formula is C15H18N2O2. The first-order valence-electron chi connectivity index (χ1n) is 6.38. The van der Waals surface area contributed by atoms with E-state index in [1.165, 1.54) is 0 Å². The molecule has 0 N–H and O–H groups in total. The van der Waals surface area contributed by atoms with Gasteiger partial charge in [0.25, 0.3) is 0 Å². The third-order valence-corrected chi connectivity index (χ3v) is 3.04. The van der Waals surface area contributed by atoms with Crippen LogP contribution in [-0.4, -0.2) is 22.4 Å². The normalized spacial score (nSPS) is 10.5. The third kappa shape index (κ3) is 2.84. The molecule has 19 heavy (non-hydrogen) atoms. The van der Waals surface area contributed by atoms with Gasteiger partial charge >= 0.3 is 5.97 Å². The van der Waals surface area contributed by atoms with E-state index in [1.54, 1.807) is 6.92 Å². The minimum absolute atomic E-state index is 0.295. The molecule has 0 aliphatic rings. The first-order valence-corrected chi connectivity index (χ1v) is 6.38. The lowest BCUT2D eigenvalue weighted by Crippen LogP contribution is -2.08. The van der Waals surface area contributed by atoms with Gasteiger partial charge in [-0.3, -0.25) is 4.68 Å². The zero-order valence-electron chi connectivity index (χ0n) is 11.5. The van der Waals surface area contributed by atoms with Crippen LogP contribution in [0.1, 0.15) is 34.2 Å². The molecule has 1 heterocycles. The fourth-order valence-corrected chi connectivity index (χ4v) is 2.11. The Kier molecular flexibility index (Phi) is 4.00. The maximum atomic E-state index is 11.9. The number of rotatable bonds is 4. The van der Waals surface area contributed by atoms with Gasteiger partial charge in [0.05, 0.1) is 24.5 Å². The molecule has 1 aromatic heterocycles. The first kappa shape index (κ1) is 13.3. The van der Waals surface area contributed by atoms with E-state index in [-0.39, 0.29) is 5.97 Å². The molecule has 4 heteroatoms. The summed E-state index contributed by atoms with van der Waals surface area (Å²) in [5, 5.41) is 4.42. The Morgan fingerprint density at radius 3 is 2.58 bits per heavy atom. The standard InChI is InChI=1S/C15H18N2O2/c1-4-19-15(18)14-11(2)16-17(12(14)3)10-13-8-6-5-7-9-13/h5-9H,4,10H2,1-3H3. The molecular weight excluding hydrogens is 240 g/mol. The quantitative estimate of drug-likeness (QED) is 0.792. The number of benzene rings is 1. The summed E-state index contributed by atoms with van der Waals surface area (Å²) >= 11 is 0. The largest absolute Gasteiger partial charge is 0.462 e. The molecule has 0 aliphatic heterocycles. The summed E-state index contributed by atoms with van der Waals surface area (Å²) in [5.41, 5.74) is 3.30. The molecule has 0 fully saturated rings. The summed E-state index contributed by atoms with van der Waals surface area (Å²) in [6.45, 7) is 6.57. The molecule has 2 aromatic rings. The van der Waals surface area contributed by atoms with Crippen LogP contribution in [0.15, 0.2) is 30.3 Å². The number of hydrogen-bond donors (Lipinski definition) is 0. The minimum atomic E-state index is -0.295. The number of carbonyl (C=O) groups excluding carboxylic acids is 1. The van der Waals surface area contributed by atoms with Gasteiger partial charge in [0.15, 0.2) is 0 Å². The Balaban J connectivity index is 2.29. The number of esters is 1. The number of aryl methyl sites for hydroxylation is 1. The van der Waals surface area contributed by atoms with Crippen LogP contribution in [0.5, 0.6) is 0 Å². The molecule has 0 saturated carbocycles. The van der Waals surface area contributed by atoms with Crippen molar-refractivity contribution in [2.24, 2.45) is 0 Å². The predicted octanol–water partition coefficient (Wildman–Crippen LogP) is 2.72. The van der Waals surface area contributed by atoms with E-state index in [0.717, 1.165) is 11.3 Å². The fourth-order valence-electron chi connectivity index (χ4n) is 2.11. The number of hydrogen-bond acceptors (Lipinski definition) is 3. The van der Waals surface area contributed by atoms with Gasteiger partial charge in [-0.25, -0.2) is 4.79 Å². The average Bonchev–Trinajstić information content (AvgIpc) is 2.66. The van der Waals surface area contributed by atoms with Gasteiger partial charge in [0.1, 0.15) is 5.56 Å². The van der Waals surface area contributed by atoms with E-state index in [2.05, 4.69) is 5.10 Å². The van der Waals surface area contributed by atoms with Crippen LogP contribution in [0.3, 0.4) is 0 Å². The van der Waals surface area contributed by atoms with E-state index in [4.69, 9.17) is 4.74 Å². The highest BCUT2D eigenvalue weighted by Crippen LogP contribution is 2.16. The summed E-state index contributed by atoms with van der Waals surface area (Å²) in [6.07, 6.45) is 0. The van der Waals surface area contributed by atoms with Gasteiger partial charge < -0.3 is 4.74 Å².